The second-order valence-electron chi connectivity index (χ2n) is 8.98. The van der Waals surface area contributed by atoms with Crippen molar-refractivity contribution in [3.63, 3.8) is 0 Å². The minimum atomic E-state index is 0.139. The summed E-state index contributed by atoms with van der Waals surface area (Å²) in [6.07, 6.45) is 0. The molecule has 4 heteroatoms. The predicted molar refractivity (Wildman–Crippen MR) is 139 cm³/mol. The largest absolute Gasteiger partial charge is 0.497 e. The first kappa shape index (κ1) is 22.0. The summed E-state index contributed by atoms with van der Waals surface area (Å²) in [4.78, 5) is 5.04. The van der Waals surface area contributed by atoms with Gasteiger partial charge in [0.1, 0.15) is 23.9 Å². The van der Waals surface area contributed by atoms with Gasteiger partial charge >= 0.3 is 0 Å². The molecule has 34 heavy (non-hydrogen) atoms. The first-order chi connectivity index (χ1) is 16.5. The van der Waals surface area contributed by atoms with Crippen LogP contribution in [0, 0.1) is 13.8 Å². The molecule has 0 saturated carbocycles. The zero-order chi connectivity index (χ0) is 23.7. The van der Waals surface area contributed by atoms with Crippen molar-refractivity contribution >= 4 is 21.8 Å². The van der Waals surface area contributed by atoms with Gasteiger partial charge in [0, 0.05) is 5.92 Å². The highest BCUT2D eigenvalue weighted by molar-refractivity contribution is 5.85. The molecule has 0 spiro atoms. The SMILES string of the molecule is COc1ccc2cc(C(C)c3nc4ccccc4n3CCOc3cc(C)cc(C)c3)ccc2c1. The van der Waals surface area contributed by atoms with Gasteiger partial charge in [0.2, 0.25) is 0 Å². The zero-order valence-corrected chi connectivity index (χ0v) is 20.2. The van der Waals surface area contributed by atoms with Crippen molar-refractivity contribution in [3.8, 4) is 11.5 Å². The van der Waals surface area contributed by atoms with Gasteiger partial charge in [0.05, 0.1) is 24.7 Å². The van der Waals surface area contributed by atoms with Gasteiger partial charge in [-0.1, -0.05) is 49.4 Å². The lowest BCUT2D eigenvalue weighted by Crippen LogP contribution is -2.13. The number of aryl methyl sites for hydroxylation is 2. The third-order valence-corrected chi connectivity index (χ3v) is 6.42. The molecule has 0 aliphatic carbocycles. The van der Waals surface area contributed by atoms with E-state index in [9.17, 15) is 0 Å². The average molecular weight is 451 g/mol. The number of rotatable bonds is 7. The quantitative estimate of drug-likeness (QED) is 0.267. The fourth-order valence-corrected chi connectivity index (χ4v) is 4.72. The first-order valence-electron chi connectivity index (χ1n) is 11.8. The van der Waals surface area contributed by atoms with Crippen LogP contribution in [0.15, 0.2) is 78.9 Å². The maximum Gasteiger partial charge on any atom is 0.119 e. The van der Waals surface area contributed by atoms with Crippen LogP contribution in [0.2, 0.25) is 0 Å². The van der Waals surface area contributed by atoms with Crippen LogP contribution in [0.1, 0.15) is 35.4 Å². The molecule has 1 heterocycles. The number of para-hydroxylation sites is 2. The topological polar surface area (TPSA) is 36.3 Å². The molecule has 1 atom stereocenters. The van der Waals surface area contributed by atoms with E-state index in [1.165, 1.54) is 27.5 Å². The molecule has 1 unspecified atom stereocenters. The van der Waals surface area contributed by atoms with Crippen molar-refractivity contribution in [3.05, 3.63) is 101 Å². The smallest absolute Gasteiger partial charge is 0.119 e. The summed E-state index contributed by atoms with van der Waals surface area (Å²) < 4.78 is 13.8. The van der Waals surface area contributed by atoms with Gasteiger partial charge in [-0.25, -0.2) is 4.98 Å². The molecule has 1 aromatic heterocycles. The van der Waals surface area contributed by atoms with E-state index in [2.05, 4.69) is 92.1 Å². The number of fused-ring (bicyclic) bond motifs is 2. The highest BCUT2D eigenvalue weighted by Gasteiger charge is 2.18. The Labute approximate surface area is 200 Å². The molecular formula is C30H30N2O2. The predicted octanol–water partition coefficient (Wildman–Crippen LogP) is 7.05. The summed E-state index contributed by atoms with van der Waals surface area (Å²) in [7, 11) is 1.70. The Hall–Kier alpha value is -3.79. The van der Waals surface area contributed by atoms with Gasteiger partial charge in [-0.15, -0.1) is 0 Å². The fourth-order valence-electron chi connectivity index (χ4n) is 4.72. The second-order valence-corrected chi connectivity index (χ2v) is 8.98. The van der Waals surface area contributed by atoms with Crippen LogP contribution in [0.5, 0.6) is 11.5 Å². The third kappa shape index (κ3) is 4.36. The molecule has 0 fully saturated rings. The Bertz CT molecular complexity index is 1450. The van der Waals surface area contributed by atoms with E-state index in [1.54, 1.807) is 7.11 Å². The van der Waals surface area contributed by atoms with Crippen LogP contribution in [-0.2, 0) is 6.54 Å². The minimum Gasteiger partial charge on any atom is -0.497 e. The fraction of sp³-hybridized carbons (Fsp3) is 0.233. The van der Waals surface area contributed by atoms with Crippen LogP contribution in [0.4, 0.5) is 0 Å². The van der Waals surface area contributed by atoms with E-state index in [0.29, 0.717) is 6.61 Å². The Morgan fingerprint density at radius 3 is 2.35 bits per heavy atom. The monoisotopic (exact) mass is 450 g/mol. The molecule has 172 valence electrons. The van der Waals surface area contributed by atoms with Gasteiger partial charge in [-0.2, -0.15) is 0 Å². The van der Waals surface area contributed by atoms with E-state index < -0.39 is 0 Å². The van der Waals surface area contributed by atoms with Crippen molar-refractivity contribution in [2.24, 2.45) is 0 Å². The lowest BCUT2D eigenvalue weighted by atomic mass is 9.97. The van der Waals surface area contributed by atoms with Crippen LogP contribution < -0.4 is 9.47 Å². The summed E-state index contributed by atoms with van der Waals surface area (Å²) in [5, 5.41) is 2.37. The Balaban J connectivity index is 1.45. The molecule has 5 aromatic rings. The average Bonchev–Trinajstić information content (AvgIpc) is 3.21. The highest BCUT2D eigenvalue weighted by atomic mass is 16.5. The minimum absolute atomic E-state index is 0.139. The van der Waals surface area contributed by atoms with Gasteiger partial charge in [0.25, 0.3) is 0 Å². The molecule has 0 amide bonds. The standard InChI is InChI=1S/C30H30N2O2/c1-20-15-21(2)17-27(16-20)34-14-13-32-29-8-6-5-7-28(29)31-30(32)22(3)23-9-10-25-19-26(33-4)12-11-24(25)18-23/h5-12,15-19,22H,13-14H2,1-4H3. The molecule has 4 aromatic carbocycles. The number of hydrogen-bond acceptors (Lipinski definition) is 3. The summed E-state index contributed by atoms with van der Waals surface area (Å²) in [5.41, 5.74) is 5.82. The van der Waals surface area contributed by atoms with Crippen molar-refractivity contribution in [1.82, 2.24) is 9.55 Å². The van der Waals surface area contributed by atoms with Gasteiger partial charge in [-0.05, 0) is 77.7 Å². The molecule has 5 rings (SSSR count). The molecular weight excluding hydrogens is 420 g/mol. The van der Waals surface area contributed by atoms with Crippen molar-refractivity contribution in [1.29, 1.82) is 0 Å². The Kier molecular flexibility index (Phi) is 5.97. The normalized spacial score (nSPS) is 12.2. The van der Waals surface area contributed by atoms with E-state index in [-0.39, 0.29) is 5.92 Å². The Morgan fingerprint density at radius 2 is 1.56 bits per heavy atom. The van der Waals surface area contributed by atoms with Crippen LogP contribution in [-0.4, -0.2) is 23.3 Å². The molecule has 4 nitrogen and oxygen atoms in total. The van der Waals surface area contributed by atoms with Gasteiger partial charge in [-0.3, -0.25) is 0 Å². The third-order valence-electron chi connectivity index (χ3n) is 6.42. The maximum atomic E-state index is 6.15. The number of benzene rings is 4. The van der Waals surface area contributed by atoms with E-state index in [4.69, 9.17) is 14.5 Å². The van der Waals surface area contributed by atoms with Gasteiger partial charge < -0.3 is 14.0 Å². The second kappa shape index (κ2) is 9.22. The lowest BCUT2D eigenvalue weighted by molar-refractivity contribution is 0.297. The molecule has 0 N–H and O–H groups in total. The summed E-state index contributed by atoms with van der Waals surface area (Å²) >= 11 is 0. The number of methoxy groups -OCH3 is 1. The molecule has 0 aliphatic heterocycles. The van der Waals surface area contributed by atoms with Crippen molar-refractivity contribution in [2.45, 2.75) is 33.2 Å². The van der Waals surface area contributed by atoms with Crippen LogP contribution in [0.3, 0.4) is 0 Å². The first-order valence-corrected chi connectivity index (χ1v) is 11.8. The number of nitrogens with zero attached hydrogens (tertiary/aromatic N) is 2. The lowest BCUT2D eigenvalue weighted by Gasteiger charge is -2.17. The summed E-state index contributed by atoms with van der Waals surface area (Å²) in [6.45, 7) is 7.75. The van der Waals surface area contributed by atoms with Crippen LogP contribution >= 0.6 is 0 Å². The van der Waals surface area contributed by atoms with Crippen molar-refractivity contribution in [2.75, 3.05) is 13.7 Å². The number of hydrogen-bond donors (Lipinski definition) is 0. The number of ether oxygens (including phenoxy) is 2. The highest BCUT2D eigenvalue weighted by Crippen LogP contribution is 2.30. The summed E-state index contributed by atoms with van der Waals surface area (Å²) in [5.74, 6) is 2.98. The molecule has 0 bridgehead atoms. The van der Waals surface area contributed by atoms with E-state index >= 15 is 0 Å². The zero-order valence-electron chi connectivity index (χ0n) is 20.2. The Morgan fingerprint density at radius 1 is 0.824 bits per heavy atom. The maximum absolute atomic E-state index is 6.15. The van der Waals surface area contributed by atoms with Gasteiger partial charge in [0.15, 0.2) is 0 Å². The number of aromatic nitrogens is 2. The molecule has 0 saturated heterocycles. The molecule has 0 aliphatic rings. The molecule has 0 radical (unpaired) electrons. The van der Waals surface area contributed by atoms with E-state index in [1.807, 2.05) is 12.1 Å². The van der Waals surface area contributed by atoms with Crippen LogP contribution in [0.25, 0.3) is 21.8 Å². The van der Waals surface area contributed by atoms with Crippen molar-refractivity contribution < 1.29 is 9.47 Å². The van der Waals surface area contributed by atoms with E-state index in [0.717, 1.165) is 34.9 Å². The summed E-state index contributed by atoms with van der Waals surface area (Å²) in [6, 6.07) is 27.5. The number of imidazole rings is 1.